The van der Waals surface area contributed by atoms with Gasteiger partial charge in [-0.25, -0.2) is 9.59 Å². The van der Waals surface area contributed by atoms with Gasteiger partial charge in [-0.1, -0.05) is 0 Å². The molecule has 43 heteroatoms. The van der Waals surface area contributed by atoms with Crippen LogP contribution in [0.1, 0.15) is 6.42 Å². The van der Waals surface area contributed by atoms with Gasteiger partial charge in [-0.3, -0.25) is 19.4 Å². The summed E-state index contributed by atoms with van der Waals surface area (Å²) in [6, 6.07) is -1.34. The standard InChI is InChI=1S/C52H105N7O36/c53-32(50(87)55-2-4-57-52(89)95-25-31(69)23-93-21-29(67)19-91-17-27(65)7-59(10-35(72)44(81)48(85)39(76)14-62)11-36(73)45(82)49(86)40(77)15-63)5-41(78)54-1-3-56-51(88)94-24-30(68)22-92-20-28(66)18-90-16-26(64)6-58(8-33(70)42(79)46(83)37(74)12-60)9-34(71)43(80)47(84)38(75)13-61/h26-40,42-49,60-77,79-86H,1-25,53H2,(H,54,78)(H,55,87)(H,56,88)(H,57,89)/t26?,27?,28?,29?,30?,31?,32-,33-,34-,35-,36-,37+,38+,39+,40+,42+,43+,44+,45+,46+,47+,48+,49+/m0/s1. The van der Waals surface area contributed by atoms with Crippen LogP contribution in [0.15, 0.2) is 0 Å². The maximum Gasteiger partial charge on any atom is 0.407 e. The minimum Gasteiger partial charge on any atom is -0.447 e. The normalized spacial score (nSPS) is 19.5. The second-order valence-electron chi connectivity index (χ2n) is 22.2. The van der Waals surface area contributed by atoms with Gasteiger partial charge in [0.25, 0.3) is 0 Å². The van der Waals surface area contributed by atoms with Crippen molar-refractivity contribution in [2.75, 3.05) is 158 Å². The highest BCUT2D eigenvalue weighted by molar-refractivity contribution is 5.88. The molecule has 0 radical (unpaired) electrons. The predicted octanol–water partition coefficient (Wildman–Crippen LogP) is -19.0. The maximum atomic E-state index is 12.4. The molecule has 0 aliphatic carbocycles. The van der Waals surface area contributed by atoms with E-state index in [0.717, 1.165) is 9.80 Å². The summed E-state index contributed by atoms with van der Waals surface area (Å²) in [5.74, 6) is -1.46. The quantitative estimate of drug-likeness (QED) is 0.0251. The molecule has 95 heavy (non-hydrogen) atoms. The Morgan fingerprint density at radius 2 is 0.537 bits per heavy atom. The van der Waals surface area contributed by atoms with Gasteiger partial charge in [-0.05, 0) is 0 Å². The van der Waals surface area contributed by atoms with Crippen molar-refractivity contribution in [3.8, 4) is 0 Å². The van der Waals surface area contributed by atoms with Crippen molar-refractivity contribution in [3.05, 3.63) is 0 Å². The minimum absolute atomic E-state index is 0.145. The second-order valence-corrected chi connectivity index (χ2v) is 22.2. The van der Waals surface area contributed by atoms with Crippen molar-refractivity contribution in [3.63, 3.8) is 0 Å². The molecule has 0 saturated heterocycles. The first-order valence-corrected chi connectivity index (χ1v) is 29.9. The Kier molecular flexibility index (Phi) is 49.3. The van der Waals surface area contributed by atoms with Gasteiger partial charge in [0, 0.05) is 65.4 Å². The summed E-state index contributed by atoms with van der Waals surface area (Å²) in [6.07, 6.45) is -42.3. The van der Waals surface area contributed by atoms with E-state index in [-0.39, 0.29) is 26.2 Å². The number of carbonyl (C=O) groups is 4. The van der Waals surface area contributed by atoms with Crippen LogP contribution in [0.4, 0.5) is 9.59 Å². The number of hydrogen-bond acceptors (Lipinski definition) is 39. The SMILES string of the molecule is N[C@@H](CC(=O)NCCNC(=O)OCC(O)COCC(O)COCC(O)CN(C[C@H](O)[C@@H](O)[C@H](O)[C@H](O)CO)C[C@H](O)[C@@H](O)[C@H](O)[C@H](O)CO)C(=O)NCCNC(=O)OCC(O)COCC(O)COCC(O)CN(C[C@H](O)[C@@H](O)[C@H](O)[C@H](O)CO)C[C@H](O)[C@@H](O)[C@H](O)[C@H](O)CO. The summed E-state index contributed by atoms with van der Waals surface area (Å²) < 4.78 is 30.6. The van der Waals surface area contributed by atoms with Gasteiger partial charge < -0.3 is 188 Å². The van der Waals surface area contributed by atoms with E-state index in [2.05, 4.69) is 21.3 Å². The van der Waals surface area contributed by atoms with Crippen molar-refractivity contribution < 1.29 is 180 Å². The fourth-order valence-corrected chi connectivity index (χ4v) is 8.10. The highest BCUT2D eigenvalue weighted by Gasteiger charge is 2.37. The molecular weight excluding hydrogens is 1300 g/mol. The van der Waals surface area contributed by atoms with E-state index in [1.54, 1.807) is 0 Å². The molecule has 0 aromatic rings. The molecule has 23 atom stereocenters. The topological polar surface area (TPSA) is 730 Å². The molecular formula is C52H105N7O36. The van der Waals surface area contributed by atoms with E-state index in [9.17, 15) is 132 Å². The van der Waals surface area contributed by atoms with Gasteiger partial charge in [0.2, 0.25) is 11.8 Å². The lowest BCUT2D eigenvalue weighted by molar-refractivity contribution is -0.133. The molecule has 0 rings (SSSR count). The number of rotatable bonds is 57. The Labute approximate surface area is 544 Å². The summed E-state index contributed by atoms with van der Waals surface area (Å²) >= 11 is 0. The van der Waals surface area contributed by atoms with Gasteiger partial charge in [-0.15, -0.1) is 0 Å². The summed E-state index contributed by atoms with van der Waals surface area (Å²) in [5.41, 5.74) is 5.78. The molecule has 0 spiro atoms. The third-order valence-electron chi connectivity index (χ3n) is 13.5. The Hall–Kier alpha value is -3.84. The number of aliphatic hydroxyl groups is 26. The lowest BCUT2D eigenvalue weighted by atomic mass is 10.0. The van der Waals surface area contributed by atoms with E-state index in [1.807, 2.05) is 0 Å². The molecule has 0 fully saturated rings. The zero-order chi connectivity index (χ0) is 72.5. The smallest absolute Gasteiger partial charge is 0.407 e. The van der Waals surface area contributed by atoms with Gasteiger partial charge in [0.05, 0.1) is 128 Å². The Bertz CT molecular complexity index is 1940. The van der Waals surface area contributed by atoms with Crippen molar-refractivity contribution in [1.82, 2.24) is 31.1 Å². The molecule has 0 aromatic carbocycles. The fraction of sp³-hybridized carbons (Fsp3) is 0.923. The highest BCUT2D eigenvalue weighted by Crippen LogP contribution is 2.14. The average molecular weight is 1400 g/mol. The number of nitrogens with two attached hydrogens (primary N) is 1. The van der Waals surface area contributed by atoms with Crippen LogP contribution in [0.25, 0.3) is 0 Å². The predicted molar refractivity (Wildman–Crippen MR) is 314 cm³/mol. The molecule has 0 heterocycles. The van der Waals surface area contributed by atoms with Gasteiger partial charge in [-0.2, -0.15) is 0 Å². The molecule has 4 amide bonds. The third-order valence-corrected chi connectivity index (χ3v) is 13.5. The number of amides is 4. The molecule has 32 N–H and O–H groups in total. The van der Waals surface area contributed by atoms with Crippen LogP contribution in [0.2, 0.25) is 0 Å². The first-order valence-electron chi connectivity index (χ1n) is 29.9. The number of nitrogens with one attached hydrogen (secondary N) is 4. The number of carbonyl (C=O) groups excluding carboxylic acids is 4. The summed E-state index contributed by atoms with van der Waals surface area (Å²) in [4.78, 5) is 50.9. The van der Waals surface area contributed by atoms with Crippen LogP contribution < -0.4 is 27.0 Å². The fourth-order valence-electron chi connectivity index (χ4n) is 8.10. The molecule has 0 bridgehead atoms. The Balaban J connectivity index is 4.53. The first kappa shape index (κ1) is 91.2. The van der Waals surface area contributed by atoms with E-state index in [4.69, 9.17) is 54.6 Å². The number of nitrogens with zero attached hydrogens (tertiary/aromatic N) is 2. The van der Waals surface area contributed by atoms with E-state index >= 15 is 0 Å². The maximum absolute atomic E-state index is 12.4. The van der Waals surface area contributed by atoms with Crippen LogP contribution in [0.3, 0.4) is 0 Å². The summed E-state index contributed by atoms with van der Waals surface area (Å²) in [5, 5.41) is 269. The van der Waals surface area contributed by atoms with Gasteiger partial charge in [0.15, 0.2) is 0 Å². The largest absolute Gasteiger partial charge is 0.447 e. The summed E-state index contributed by atoms with van der Waals surface area (Å²) in [6.45, 7) is -13.1. The summed E-state index contributed by atoms with van der Waals surface area (Å²) in [7, 11) is 0. The van der Waals surface area contributed by atoms with Crippen molar-refractivity contribution in [1.29, 1.82) is 0 Å². The number of alkyl carbamates (subject to hydrolysis) is 2. The Morgan fingerprint density at radius 1 is 0.305 bits per heavy atom. The monoisotopic (exact) mass is 1400 g/mol. The third kappa shape index (κ3) is 40.1. The van der Waals surface area contributed by atoms with Crippen LogP contribution in [0.5, 0.6) is 0 Å². The van der Waals surface area contributed by atoms with Crippen LogP contribution >= 0.6 is 0 Å². The second kappa shape index (κ2) is 51.3. The lowest BCUT2D eigenvalue weighted by Gasteiger charge is -2.34. The minimum atomic E-state index is -2.06. The average Bonchev–Trinajstić information content (AvgIpc) is 0.949. The van der Waals surface area contributed by atoms with Crippen LogP contribution in [-0.4, -0.2) is 465 Å². The number of ether oxygens (including phenoxy) is 6. The molecule has 0 aliphatic rings. The molecule has 564 valence electrons. The van der Waals surface area contributed by atoms with Crippen LogP contribution in [-0.2, 0) is 38.0 Å². The molecule has 0 saturated carbocycles. The Morgan fingerprint density at radius 3 is 0.811 bits per heavy atom. The number of aliphatic hydroxyl groups excluding tert-OH is 26. The zero-order valence-corrected chi connectivity index (χ0v) is 52.1. The molecule has 43 nitrogen and oxygen atoms in total. The van der Waals surface area contributed by atoms with Crippen LogP contribution in [0, 0.1) is 0 Å². The lowest BCUT2D eigenvalue weighted by Crippen LogP contribution is -2.54. The molecule has 0 aromatic heterocycles. The van der Waals surface area contributed by atoms with E-state index in [0.29, 0.717) is 0 Å². The number of hydrogen-bond donors (Lipinski definition) is 31. The van der Waals surface area contributed by atoms with E-state index in [1.165, 1.54) is 0 Å². The molecule has 6 unspecified atom stereocenters. The van der Waals surface area contributed by atoms with Crippen molar-refractivity contribution in [2.45, 2.75) is 147 Å². The van der Waals surface area contributed by atoms with Crippen molar-refractivity contribution >= 4 is 24.0 Å². The van der Waals surface area contributed by atoms with Gasteiger partial charge >= 0.3 is 12.2 Å². The molecule has 0 aliphatic heterocycles. The van der Waals surface area contributed by atoms with E-state index < -0.39 is 303 Å². The zero-order valence-electron chi connectivity index (χ0n) is 52.1. The van der Waals surface area contributed by atoms with Gasteiger partial charge in [0.1, 0.15) is 111 Å². The first-order chi connectivity index (χ1) is 44.6. The highest BCUT2D eigenvalue weighted by atomic mass is 16.6. The van der Waals surface area contributed by atoms with Crippen molar-refractivity contribution in [2.24, 2.45) is 5.73 Å².